The van der Waals surface area contributed by atoms with E-state index in [9.17, 15) is 14.4 Å². The predicted octanol–water partition coefficient (Wildman–Crippen LogP) is 2.93. The predicted molar refractivity (Wildman–Crippen MR) is 91.5 cm³/mol. The summed E-state index contributed by atoms with van der Waals surface area (Å²) in [6.07, 6.45) is 5.17. The van der Waals surface area contributed by atoms with Gasteiger partial charge in [-0.25, -0.2) is 0 Å². The van der Waals surface area contributed by atoms with Crippen molar-refractivity contribution in [1.82, 2.24) is 4.90 Å². The zero-order valence-corrected chi connectivity index (χ0v) is 14.2. The van der Waals surface area contributed by atoms with Crippen LogP contribution in [-0.2, 0) is 14.4 Å². The van der Waals surface area contributed by atoms with Gasteiger partial charge in [0.25, 0.3) is 0 Å². The Bertz CT molecular complexity index is 703. The van der Waals surface area contributed by atoms with Gasteiger partial charge in [-0.05, 0) is 37.5 Å². The molecule has 24 heavy (non-hydrogen) atoms. The van der Waals surface area contributed by atoms with Gasteiger partial charge in [0.2, 0.25) is 17.7 Å². The number of nitrogens with zero attached hydrogens (tertiary/aromatic N) is 1. The molecule has 1 N–H and O–H groups in total. The lowest BCUT2D eigenvalue weighted by atomic mass is 9.85. The molecule has 0 unspecified atom stereocenters. The van der Waals surface area contributed by atoms with E-state index in [-0.39, 0.29) is 42.5 Å². The van der Waals surface area contributed by atoms with Gasteiger partial charge in [-0.3, -0.25) is 19.3 Å². The van der Waals surface area contributed by atoms with Gasteiger partial charge in [0, 0.05) is 13.0 Å². The van der Waals surface area contributed by atoms with E-state index in [1.165, 1.54) is 4.90 Å². The third-order valence-corrected chi connectivity index (χ3v) is 4.87. The third-order valence-electron chi connectivity index (χ3n) is 4.56. The molecular weight excluding hydrogens is 328 g/mol. The number of hydrogen-bond donors (Lipinski definition) is 1. The van der Waals surface area contributed by atoms with Crippen LogP contribution in [-0.4, -0.2) is 29.2 Å². The Hall–Kier alpha value is -2.14. The van der Waals surface area contributed by atoms with E-state index >= 15 is 0 Å². The summed E-state index contributed by atoms with van der Waals surface area (Å²) in [6.45, 7) is 2.02. The van der Waals surface area contributed by atoms with E-state index in [2.05, 4.69) is 5.32 Å². The van der Waals surface area contributed by atoms with Gasteiger partial charge in [-0.2, -0.15) is 0 Å². The highest BCUT2D eigenvalue weighted by Gasteiger charge is 2.46. The number of nitrogens with one attached hydrogen (secondary N) is 1. The van der Waals surface area contributed by atoms with Crippen molar-refractivity contribution in [2.24, 2.45) is 11.8 Å². The van der Waals surface area contributed by atoms with E-state index in [0.717, 1.165) is 5.56 Å². The Labute approximate surface area is 145 Å². The molecule has 1 heterocycles. The summed E-state index contributed by atoms with van der Waals surface area (Å²) in [5.74, 6) is -1.09. The fourth-order valence-electron chi connectivity index (χ4n) is 3.24. The molecule has 0 aromatic heterocycles. The number of likely N-dealkylation sites (tertiary alicyclic amines) is 1. The minimum Gasteiger partial charge on any atom is -0.325 e. The standard InChI is InChI=1S/C18H19ClN2O3/c1-11-6-7-15(14(19)10-11)20-16(22)8-9-21-17(23)12-4-2-3-5-13(12)18(21)24/h2-3,6-7,10,12-13H,4-5,8-9H2,1H3,(H,20,22)/t12-,13-/m1/s1. The molecule has 0 bridgehead atoms. The van der Waals surface area contributed by atoms with Gasteiger partial charge in [0.05, 0.1) is 22.5 Å². The van der Waals surface area contributed by atoms with Crippen LogP contribution in [0.5, 0.6) is 0 Å². The van der Waals surface area contributed by atoms with Crippen molar-refractivity contribution >= 4 is 35.0 Å². The van der Waals surface area contributed by atoms with Crippen LogP contribution in [0.15, 0.2) is 30.4 Å². The normalized spacial score (nSPS) is 22.7. The topological polar surface area (TPSA) is 66.5 Å². The smallest absolute Gasteiger partial charge is 0.233 e. The van der Waals surface area contributed by atoms with Gasteiger partial charge < -0.3 is 5.32 Å². The minimum atomic E-state index is -0.269. The highest BCUT2D eigenvalue weighted by molar-refractivity contribution is 6.33. The fourth-order valence-corrected chi connectivity index (χ4v) is 3.52. The maximum atomic E-state index is 12.3. The lowest BCUT2D eigenvalue weighted by Crippen LogP contribution is -2.34. The number of rotatable bonds is 4. The zero-order valence-electron chi connectivity index (χ0n) is 13.4. The third kappa shape index (κ3) is 3.22. The number of allylic oxidation sites excluding steroid dienone is 2. The number of hydrogen-bond acceptors (Lipinski definition) is 3. The van der Waals surface area contributed by atoms with E-state index in [1.807, 2.05) is 25.1 Å². The average Bonchev–Trinajstić information content (AvgIpc) is 2.80. The number of anilines is 1. The van der Waals surface area contributed by atoms with Crippen molar-refractivity contribution < 1.29 is 14.4 Å². The molecule has 6 heteroatoms. The molecule has 5 nitrogen and oxygen atoms in total. The second-order valence-corrected chi connectivity index (χ2v) is 6.67. The van der Waals surface area contributed by atoms with E-state index < -0.39 is 0 Å². The first-order valence-corrected chi connectivity index (χ1v) is 8.41. The maximum absolute atomic E-state index is 12.3. The van der Waals surface area contributed by atoms with Crippen LogP contribution in [0.2, 0.25) is 5.02 Å². The Balaban J connectivity index is 1.58. The van der Waals surface area contributed by atoms with Gasteiger partial charge in [-0.1, -0.05) is 29.8 Å². The van der Waals surface area contributed by atoms with Crippen molar-refractivity contribution in [2.75, 3.05) is 11.9 Å². The summed E-state index contributed by atoms with van der Waals surface area (Å²) in [7, 11) is 0. The summed E-state index contributed by atoms with van der Waals surface area (Å²) < 4.78 is 0. The van der Waals surface area contributed by atoms with Gasteiger partial charge in [0.1, 0.15) is 0 Å². The van der Waals surface area contributed by atoms with Crippen LogP contribution >= 0.6 is 11.6 Å². The first kappa shape index (κ1) is 16.7. The van der Waals surface area contributed by atoms with Crippen LogP contribution in [0.3, 0.4) is 0 Å². The summed E-state index contributed by atoms with van der Waals surface area (Å²) in [6, 6.07) is 5.36. The number of imide groups is 1. The number of benzene rings is 1. The molecule has 1 aromatic rings. The highest BCUT2D eigenvalue weighted by atomic mass is 35.5. The van der Waals surface area contributed by atoms with Crippen LogP contribution in [0, 0.1) is 18.8 Å². The number of carbonyl (C=O) groups excluding carboxylic acids is 3. The number of carbonyl (C=O) groups is 3. The van der Waals surface area contributed by atoms with Crippen LogP contribution in [0.4, 0.5) is 5.69 Å². The average molecular weight is 347 g/mol. The van der Waals surface area contributed by atoms with Crippen molar-refractivity contribution in [3.63, 3.8) is 0 Å². The summed E-state index contributed by atoms with van der Waals surface area (Å²) in [4.78, 5) is 38.0. The van der Waals surface area contributed by atoms with Crippen molar-refractivity contribution in [3.05, 3.63) is 40.9 Å². The Kier molecular flexibility index (Phi) is 4.71. The summed E-state index contributed by atoms with van der Waals surface area (Å²) in [5, 5.41) is 3.19. The zero-order chi connectivity index (χ0) is 17.3. The molecule has 1 aromatic carbocycles. The van der Waals surface area contributed by atoms with Crippen molar-refractivity contribution in [3.8, 4) is 0 Å². The Morgan fingerprint density at radius 3 is 2.42 bits per heavy atom. The monoisotopic (exact) mass is 346 g/mol. The second-order valence-electron chi connectivity index (χ2n) is 6.27. The minimum absolute atomic E-state index is 0.0640. The molecule has 3 amide bonds. The summed E-state index contributed by atoms with van der Waals surface area (Å²) in [5.41, 5.74) is 1.53. The Morgan fingerprint density at radius 2 is 1.83 bits per heavy atom. The molecule has 1 aliphatic heterocycles. The van der Waals surface area contributed by atoms with Crippen LogP contribution in [0.25, 0.3) is 0 Å². The lowest BCUT2D eigenvalue weighted by Gasteiger charge is -2.14. The molecule has 2 atom stereocenters. The molecule has 1 fully saturated rings. The van der Waals surface area contributed by atoms with Gasteiger partial charge in [0.15, 0.2) is 0 Å². The largest absolute Gasteiger partial charge is 0.325 e. The summed E-state index contributed by atoms with van der Waals surface area (Å²) >= 11 is 6.09. The number of aryl methyl sites for hydroxylation is 1. The SMILES string of the molecule is Cc1ccc(NC(=O)CCN2C(=O)[C@@H]3CC=CC[C@H]3C2=O)c(Cl)c1. The first-order chi connectivity index (χ1) is 11.5. The van der Waals surface area contributed by atoms with Crippen LogP contribution in [0.1, 0.15) is 24.8 Å². The highest BCUT2D eigenvalue weighted by Crippen LogP contribution is 2.35. The molecule has 3 rings (SSSR count). The van der Waals surface area contributed by atoms with Crippen molar-refractivity contribution in [2.45, 2.75) is 26.2 Å². The molecule has 0 saturated carbocycles. The molecule has 126 valence electrons. The molecule has 2 aliphatic rings. The van der Waals surface area contributed by atoms with E-state index in [0.29, 0.717) is 23.6 Å². The van der Waals surface area contributed by atoms with E-state index in [4.69, 9.17) is 11.6 Å². The molecule has 1 saturated heterocycles. The van der Waals surface area contributed by atoms with Gasteiger partial charge >= 0.3 is 0 Å². The fraction of sp³-hybridized carbons (Fsp3) is 0.389. The number of amides is 3. The first-order valence-electron chi connectivity index (χ1n) is 8.03. The van der Waals surface area contributed by atoms with Gasteiger partial charge in [-0.15, -0.1) is 0 Å². The van der Waals surface area contributed by atoms with Crippen molar-refractivity contribution in [1.29, 1.82) is 0 Å². The second kappa shape index (κ2) is 6.77. The number of fused-ring (bicyclic) bond motifs is 1. The lowest BCUT2D eigenvalue weighted by molar-refractivity contribution is -0.140. The molecule has 0 radical (unpaired) electrons. The Morgan fingerprint density at radius 1 is 1.21 bits per heavy atom. The maximum Gasteiger partial charge on any atom is 0.233 e. The quantitative estimate of drug-likeness (QED) is 0.673. The molecule has 0 spiro atoms. The van der Waals surface area contributed by atoms with E-state index in [1.54, 1.807) is 12.1 Å². The molecular formula is C18H19ClN2O3. The van der Waals surface area contributed by atoms with Crippen LogP contribution < -0.4 is 5.32 Å². The number of halogens is 1. The molecule has 1 aliphatic carbocycles.